The van der Waals surface area contributed by atoms with Crippen LogP contribution in [0, 0.1) is 17.0 Å². The summed E-state index contributed by atoms with van der Waals surface area (Å²) in [7, 11) is 0.993. The number of aromatic nitrogens is 2. The van der Waals surface area contributed by atoms with Crippen LogP contribution in [0.15, 0.2) is 42.5 Å². The van der Waals surface area contributed by atoms with Crippen molar-refractivity contribution >= 4 is 28.9 Å². The molecule has 31 heavy (non-hydrogen) atoms. The van der Waals surface area contributed by atoms with Gasteiger partial charge in [-0.3, -0.25) is 19.6 Å². The van der Waals surface area contributed by atoms with Gasteiger partial charge in [0, 0.05) is 19.2 Å². The second-order valence-electron chi connectivity index (χ2n) is 6.48. The topological polar surface area (TPSA) is 99.3 Å². The molecule has 162 valence electrons. The molecule has 12 heteroatoms. The summed E-state index contributed by atoms with van der Waals surface area (Å²) in [6.45, 7) is 1.83. The number of alkyl halides is 3. The summed E-state index contributed by atoms with van der Waals surface area (Å²) in [5.41, 5.74) is -1.56. The number of carbonyl (C=O) groups is 1. The van der Waals surface area contributed by atoms with Gasteiger partial charge in [0.05, 0.1) is 16.7 Å². The zero-order chi connectivity index (χ0) is 22.9. The predicted octanol–water partition coefficient (Wildman–Crippen LogP) is 5.35. The number of halogens is 4. The highest BCUT2D eigenvalue weighted by atomic mass is 35.5. The van der Waals surface area contributed by atoms with Crippen LogP contribution < -0.4 is 10.1 Å². The van der Waals surface area contributed by atoms with Crippen molar-refractivity contribution in [3.8, 4) is 11.5 Å². The first kappa shape index (κ1) is 22.1. The highest BCUT2D eigenvalue weighted by molar-refractivity contribution is 6.34. The summed E-state index contributed by atoms with van der Waals surface area (Å²) < 4.78 is 45.3. The number of hydrogen-bond donors (Lipinski definition) is 1. The molecule has 0 radical (unpaired) electrons. The number of nitrogens with zero attached hydrogens (tertiary/aromatic N) is 3. The average molecular weight is 455 g/mol. The predicted molar refractivity (Wildman–Crippen MR) is 106 cm³/mol. The number of rotatable bonds is 5. The maximum absolute atomic E-state index is 13.1. The van der Waals surface area contributed by atoms with Gasteiger partial charge in [-0.15, -0.1) is 0 Å². The molecule has 1 N–H and O–H groups in total. The lowest BCUT2D eigenvalue weighted by atomic mass is 10.2. The highest BCUT2D eigenvalue weighted by Gasteiger charge is 2.40. The Morgan fingerprint density at radius 2 is 1.94 bits per heavy atom. The SMILES string of the molecule is Cc1cccc(Oc2cc(NC(=O)c3nn(C)c(C(F)(F)F)c3Cl)cc([N+](=O)[O-])c2)c1. The Labute approximate surface area is 178 Å². The van der Waals surface area contributed by atoms with Gasteiger partial charge in [-0.1, -0.05) is 23.7 Å². The van der Waals surface area contributed by atoms with Gasteiger partial charge in [0.15, 0.2) is 11.4 Å². The first-order chi connectivity index (χ1) is 14.5. The molecule has 1 heterocycles. The Balaban J connectivity index is 1.93. The van der Waals surface area contributed by atoms with Gasteiger partial charge in [0.1, 0.15) is 16.5 Å². The lowest BCUT2D eigenvalue weighted by molar-refractivity contribution is -0.384. The fourth-order valence-electron chi connectivity index (χ4n) is 2.78. The van der Waals surface area contributed by atoms with Crippen molar-refractivity contribution in [2.24, 2.45) is 7.05 Å². The number of hydrogen-bond acceptors (Lipinski definition) is 5. The molecule has 0 aliphatic heterocycles. The number of carbonyl (C=O) groups excluding carboxylic acids is 1. The quantitative estimate of drug-likeness (QED) is 0.413. The van der Waals surface area contributed by atoms with Crippen LogP contribution in [0.5, 0.6) is 11.5 Å². The molecule has 0 bridgehead atoms. The third-order valence-corrected chi connectivity index (χ3v) is 4.42. The monoisotopic (exact) mass is 454 g/mol. The van der Waals surface area contributed by atoms with Gasteiger partial charge in [-0.05, 0) is 24.6 Å². The van der Waals surface area contributed by atoms with Crippen molar-refractivity contribution in [2.75, 3.05) is 5.32 Å². The Morgan fingerprint density at radius 3 is 2.52 bits per heavy atom. The van der Waals surface area contributed by atoms with Gasteiger partial charge in [0.2, 0.25) is 0 Å². The Morgan fingerprint density at radius 1 is 1.23 bits per heavy atom. The van der Waals surface area contributed by atoms with Gasteiger partial charge < -0.3 is 10.1 Å². The minimum atomic E-state index is -4.82. The third kappa shape index (κ3) is 4.94. The number of non-ortho nitro benzene ring substituents is 1. The molecule has 0 atom stereocenters. The summed E-state index contributed by atoms with van der Waals surface area (Å²) in [5, 5.41) is 16.2. The number of nitro benzene ring substituents is 1. The van der Waals surface area contributed by atoms with Crippen LogP contribution >= 0.6 is 11.6 Å². The lowest BCUT2D eigenvalue weighted by Gasteiger charge is -2.09. The van der Waals surface area contributed by atoms with E-state index in [9.17, 15) is 28.1 Å². The summed E-state index contributed by atoms with van der Waals surface area (Å²) >= 11 is 5.71. The minimum Gasteiger partial charge on any atom is -0.457 e. The molecule has 3 aromatic rings. The Kier molecular flexibility index (Phi) is 5.89. The second-order valence-corrected chi connectivity index (χ2v) is 6.86. The Bertz CT molecular complexity index is 1180. The third-order valence-electron chi connectivity index (χ3n) is 4.06. The highest BCUT2D eigenvalue weighted by Crippen LogP contribution is 2.36. The van der Waals surface area contributed by atoms with Crippen LogP contribution in [0.4, 0.5) is 24.5 Å². The van der Waals surface area contributed by atoms with Crippen LogP contribution in [0.1, 0.15) is 21.7 Å². The van der Waals surface area contributed by atoms with Crippen molar-refractivity contribution in [1.82, 2.24) is 9.78 Å². The van der Waals surface area contributed by atoms with Crippen LogP contribution in [0.3, 0.4) is 0 Å². The maximum atomic E-state index is 13.1. The van der Waals surface area contributed by atoms with E-state index in [-0.39, 0.29) is 11.4 Å². The number of amides is 1. The van der Waals surface area contributed by atoms with E-state index in [1.54, 1.807) is 18.2 Å². The van der Waals surface area contributed by atoms with E-state index >= 15 is 0 Å². The zero-order valence-corrected chi connectivity index (χ0v) is 16.8. The van der Waals surface area contributed by atoms with Gasteiger partial charge in [-0.2, -0.15) is 18.3 Å². The molecule has 0 fully saturated rings. The van der Waals surface area contributed by atoms with Crippen molar-refractivity contribution in [1.29, 1.82) is 0 Å². The standard InChI is InChI=1S/C19H14ClF3N4O4/c1-10-4-3-5-13(6-10)31-14-8-11(7-12(9-14)27(29)30)24-18(28)16-15(20)17(19(21,22)23)26(2)25-16/h3-9H,1-2H3,(H,24,28). The number of nitro groups is 1. The molecule has 1 amide bonds. The van der Waals surface area contributed by atoms with Crippen LogP contribution in [-0.4, -0.2) is 20.6 Å². The summed E-state index contributed by atoms with van der Waals surface area (Å²) in [6, 6.07) is 10.4. The first-order valence-electron chi connectivity index (χ1n) is 8.60. The molecule has 8 nitrogen and oxygen atoms in total. The van der Waals surface area contributed by atoms with Crippen molar-refractivity contribution in [3.63, 3.8) is 0 Å². The molecule has 0 aliphatic carbocycles. The number of ether oxygens (including phenoxy) is 1. The second kappa shape index (κ2) is 8.26. The smallest absolute Gasteiger partial charge is 0.434 e. The molecule has 0 saturated heterocycles. The molecule has 0 saturated carbocycles. The molecule has 0 unspecified atom stereocenters. The summed E-state index contributed by atoms with van der Waals surface area (Å²) in [5.74, 6) is -0.628. The zero-order valence-electron chi connectivity index (χ0n) is 16.0. The van der Waals surface area contributed by atoms with Gasteiger partial charge in [-0.25, -0.2) is 0 Å². The Hall–Kier alpha value is -3.60. The molecule has 0 aliphatic rings. The van der Waals surface area contributed by atoms with Crippen LogP contribution in [0.25, 0.3) is 0 Å². The van der Waals surface area contributed by atoms with Gasteiger partial charge in [0.25, 0.3) is 11.6 Å². The van der Waals surface area contributed by atoms with E-state index in [0.717, 1.165) is 24.7 Å². The number of nitrogens with one attached hydrogen (secondary N) is 1. The number of benzene rings is 2. The summed E-state index contributed by atoms with van der Waals surface area (Å²) in [4.78, 5) is 23.0. The molecular formula is C19H14ClF3N4O4. The molecular weight excluding hydrogens is 441 g/mol. The van der Waals surface area contributed by atoms with Crippen molar-refractivity contribution < 1.29 is 27.6 Å². The molecule has 2 aromatic carbocycles. The molecule has 1 aromatic heterocycles. The lowest BCUT2D eigenvalue weighted by Crippen LogP contribution is -2.13. The maximum Gasteiger partial charge on any atom is 0.434 e. The fraction of sp³-hybridized carbons (Fsp3) is 0.158. The number of anilines is 1. The van der Waals surface area contributed by atoms with E-state index < -0.39 is 39.1 Å². The normalized spacial score (nSPS) is 11.3. The van der Waals surface area contributed by atoms with E-state index in [1.807, 2.05) is 13.0 Å². The van der Waals surface area contributed by atoms with Crippen LogP contribution in [-0.2, 0) is 13.2 Å². The minimum absolute atomic E-state index is 0.0400. The first-order valence-corrected chi connectivity index (χ1v) is 8.98. The average Bonchev–Trinajstić information content (AvgIpc) is 2.96. The van der Waals surface area contributed by atoms with Crippen LogP contribution in [0.2, 0.25) is 5.02 Å². The van der Waals surface area contributed by atoms with Crippen molar-refractivity contribution in [2.45, 2.75) is 13.1 Å². The number of aryl methyl sites for hydroxylation is 2. The molecule has 3 rings (SSSR count). The molecule has 0 spiro atoms. The van der Waals surface area contributed by atoms with E-state index in [2.05, 4.69) is 10.4 Å². The van der Waals surface area contributed by atoms with E-state index in [4.69, 9.17) is 16.3 Å². The van der Waals surface area contributed by atoms with Gasteiger partial charge >= 0.3 is 6.18 Å². The van der Waals surface area contributed by atoms with E-state index in [0.29, 0.717) is 10.4 Å². The van der Waals surface area contributed by atoms with E-state index in [1.165, 1.54) is 6.07 Å². The summed E-state index contributed by atoms with van der Waals surface area (Å²) in [6.07, 6.45) is -4.82. The largest absolute Gasteiger partial charge is 0.457 e. The van der Waals surface area contributed by atoms with Crippen molar-refractivity contribution in [3.05, 3.63) is 74.6 Å². The fourth-order valence-corrected chi connectivity index (χ4v) is 3.13.